The van der Waals surface area contributed by atoms with Gasteiger partial charge in [0.15, 0.2) is 17.4 Å². The van der Waals surface area contributed by atoms with Gasteiger partial charge in [-0.1, -0.05) is 41.4 Å². The van der Waals surface area contributed by atoms with Gasteiger partial charge in [0.2, 0.25) is 5.88 Å². The summed E-state index contributed by atoms with van der Waals surface area (Å²) < 4.78 is 22.0. The maximum atomic E-state index is 14.5. The number of hydrogen-bond donors (Lipinski definition) is 1. The van der Waals surface area contributed by atoms with Gasteiger partial charge in [-0.15, -0.1) is 5.10 Å². The van der Waals surface area contributed by atoms with Gasteiger partial charge in [0.1, 0.15) is 0 Å². The van der Waals surface area contributed by atoms with Crippen LogP contribution >= 0.6 is 23.2 Å². The van der Waals surface area contributed by atoms with Gasteiger partial charge in [0, 0.05) is 11.2 Å². The first-order valence-electron chi connectivity index (χ1n) is 10.3. The quantitative estimate of drug-likeness (QED) is 0.390. The predicted molar refractivity (Wildman–Crippen MR) is 126 cm³/mol. The second kappa shape index (κ2) is 9.02. The van der Waals surface area contributed by atoms with Crippen LogP contribution in [0.5, 0.6) is 11.6 Å². The van der Waals surface area contributed by atoms with Crippen molar-refractivity contribution in [2.24, 2.45) is 4.99 Å². The van der Waals surface area contributed by atoms with Crippen molar-refractivity contribution >= 4 is 34.6 Å². The molecule has 9 heteroatoms. The monoisotopic (exact) mass is 484 g/mol. The third-order valence-electron chi connectivity index (χ3n) is 5.28. The number of fused-ring (bicyclic) bond motifs is 1. The zero-order valence-corrected chi connectivity index (χ0v) is 19.1. The first-order chi connectivity index (χ1) is 16.0. The molecule has 1 aliphatic rings. The minimum Gasteiger partial charge on any atom is -0.434 e. The second-order valence-corrected chi connectivity index (χ2v) is 8.55. The van der Waals surface area contributed by atoms with E-state index in [1.165, 1.54) is 12.1 Å². The standard InChI is InChI=1S/C24H19Cl2FN4O2/c1-14-7-8-15(20(26)10-14)11-16-13-32-30-23(28-16)18-12-17-4-3-9-31(17)29-24(18)33-21-6-2-5-19(25)22(21)27/h2-10,12,16H,11,13H2,1H3,(H,28,30). The molecule has 0 spiro atoms. The summed E-state index contributed by atoms with van der Waals surface area (Å²) in [6.45, 7) is 2.36. The molecular weight excluding hydrogens is 466 g/mol. The molecule has 2 aromatic heterocycles. The van der Waals surface area contributed by atoms with Gasteiger partial charge in [-0.2, -0.15) is 0 Å². The highest BCUT2D eigenvalue weighted by Crippen LogP contribution is 2.31. The van der Waals surface area contributed by atoms with E-state index < -0.39 is 5.82 Å². The van der Waals surface area contributed by atoms with Crippen LogP contribution in [0.2, 0.25) is 10.0 Å². The predicted octanol–water partition coefficient (Wildman–Crippen LogP) is 5.77. The Morgan fingerprint density at radius 1 is 1.15 bits per heavy atom. The second-order valence-electron chi connectivity index (χ2n) is 7.74. The molecule has 1 unspecified atom stereocenters. The molecule has 5 rings (SSSR count). The summed E-state index contributed by atoms with van der Waals surface area (Å²) >= 11 is 12.3. The SMILES string of the molecule is Cc1ccc(CC2CONC(c3cc4cccn4nc3Oc3cccc(Cl)c3F)=N2)c(Cl)c1. The average molecular weight is 485 g/mol. The van der Waals surface area contributed by atoms with E-state index in [9.17, 15) is 4.39 Å². The number of amidine groups is 1. The van der Waals surface area contributed by atoms with E-state index in [2.05, 4.69) is 10.6 Å². The molecule has 1 aliphatic heterocycles. The molecule has 0 saturated heterocycles. The Bertz CT molecular complexity index is 1370. The highest BCUT2D eigenvalue weighted by atomic mass is 35.5. The van der Waals surface area contributed by atoms with Gasteiger partial charge >= 0.3 is 0 Å². The lowest BCUT2D eigenvalue weighted by molar-refractivity contribution is 0.0623. The number of benzene rings is 2. The summed E-state index contributed by atoms with van der Waals surface area (Å²) in [5, 5.41) is 5.15. The molecule has 168 valence electrons. The normalized spacial score (nSPS) is 15.9. The number of aliphatic imine (C=N–C) groups is 1. The van der Waals surface area contributed by atoms with E-state index in [1.807, 2.05) is 43.3 Å². The number of hydrogen-bond acceptors (Lipinski definition) is 5. The van der Waals surface area contributed by atoms with Crippen LogP contribution in [-0.4, -0.2) is 28.1 Å². The Kier molecular flexibility index (Phi) is 5.93. The highest BCUT2D eigenvalue weighted by Gasteiger charge is 2.23. The van der Waals surface area contributed by atoms with E-state index in [4.69, 9.17) is 37.8 Å². The molecule has 4 aromatic rings. The smallest absolute Gasteiger partial charge is 0.248 e. The number of ether oxygens (including phenoxy) is 1. The molecule has 0 radical (unpaired) electrons. The van der Waals surface area contributed by atoms with Gasteiger partial charge in [0.25, 0.3) is 0 Å². The minimum atomic E-state index is -0.666. The fraction of sp³-hybridized carbons (Fsp3) is 0.167. The van der Waals surface area contributed by atoms with E-state index in [1.54, 1.807) is 16.8 Å². The summed E-state index contributed by atoms with van der Waals surface area (Å²) in [7, 11) is 0. The lowest BCUT2D eigenvalue weighted by Gasteiger charge is -2.23. The summed E-state index contributed by atoms with van der Waals surface area (Å²) in [6.07, 6.45) is 2.37. The van der Waals surface area contributed by atoms with Crippen molar-refractivity contribution in [3.63, 3.8) is 0 Å². The maximum Gasteiger partial charge on any atom is 0.248 e. The van der Waals surface area contributed by atoms with Crippen molar-refractivity contribution in [1.82, 2.24) is 15.1 Å². The number of hydroxylamine groups is 1. The van der Waals surface area contributed by atoms with E-state index in [-0.39, 0.29) is 22.7 Å². The average Bonchev–Trinajstić information content (AvgIpc) is 3.26. The topological polar surface area (TPSA) is 60.2 Å². The van der Waals surface area contributed by atoms with Gasteiger partial charge < -0.3 is 4.74 Å². The van der Waals surface area contributed by atoms with E-state index >= 15 is 0 Å². The molecule has 1 N–H and O–H groups in total. The van der Waals surface area contributed by atoms with Crippen molar-refractivity contribution in [2.75, 3.05) is 6.61 Å². The number of nitrogens with one attached hydrogen (secondary N) is 1. The molecule has 1 atom stereocenters. The molecule has 3 heterocycles. The molecule has 0 bridgehead atoms. The Labute approximate surface area is 199 Å². The molecular formula is C24H19Cl2FN4O2. The zero-order chi connectivity index (χ0) is 22.9. The number of halogens is 3. The fourth-order valence-corrected chi connectivity index (χ4v) is 4.10. The molecule has 0 fully saturated rings. The van der Waals surface area contributed by atoms with Crippen molar-refractivity contribution in [3.8, 4) is 11.6 Å². The summed E-state index contributed by atoms with van der Waals surface area (Å²) in [5.41, 5.74) is 6.28. The van der Waals surface area contributed by atoms with Crippen LogP contribution in [0.4, 0.5) is 4.39 Å². The van der Waals surface area contributed by atoms with Crippen LogP contribution in [0.3, 0.4) is 0 Å². The number of rotatable bonds is 5. The Balaban J connectivity index is 1.52. The van der Waals surface area contributed by atoms with Crippen molar-refractivity contribution in [3.05, 3.63) is 93.3 Å². The fourth-order valence-electron chi connectivity index (χ4n) is 3.62. The van der Waals surface area contributed by atoms with Gasteiger partial charge in [-0.05, 0) is 60.9 Å². The van der Waals surface area contributed by atoms with Gasteiger partial charge in [-0.25, -0.2) is 14.4 Å². The summed E-state index contributed by atoms with van der Waals surface area (Å²) in [4.78, 5) is 10.4. The Hall–Kier alpha value is -3.13. The van der Waals surface area contributed by atoms with Crippen LogP contribution in [0.15, 0.2) is 65.8 Å². The molecule has 0 aliphatic carbocycles. The Morgan fingerprint density at radius 3 is 2.88 bits per heavy atom. The summed E-state index contributed by atoms with van der Waals surface area (Å²) in [5.74, 6) is -0.115. The van der Waals surface area contributed by atoms with Crippen LogP contribution in [-0.2, 0) is 11.3 Å². The maximum absolute atomic E-state index is 14.5. The van der Waals surface area contributed by atoms with Crippen LogP contribution in [0.25, 0.3) is 5.52 Å². The third kappa shape index (κ3) is 4.53. The lowest BCUT2D eigenvalue weighted by Crippen LogP contribution is -2.37. The van der Waals surface area contributed by atoms with E-state index in [0.29, 0.717) is 29.4 Å². The van der Waals surface area contributed by atoms with E-state index in [0.717, 1.165) is 16.6 Å². The summed E-state index contributed by atoms with van der Waals surface area (Å²) in [6, 6.07) is 15.9. The van der Waals surface area contributed by atoms with Crippen LogP contribution < -0.4 is 10.2 Å². The number of aromatic nitrogens is 2. The first kappa shape index (κ1) is 21.7. The molecule has 6 nitrogen and oxygen atoms in total. The van der Waals surface area contributed by atoms with Crippen molar-refractivity contribution in [1.29, 1.82) is 0 Å². The van der Waals surface area contributed by atoms with Gasteiger partial charge in [0.05, 0.1) is 28.8 Å². The van der Waals surface area contributed by atoms with Gasteiger partial charge in [-0.3, -0.25) is 9.83 Å². The Morgan fingerprint density at radius 2 is 2.03 bits per heavy atom. The number of nitrogens with zero attached hydrogens (tertiary/aromatic N) is 3. The first-order valence-corrected chi connectivity index (χ1v) is 11.0. The minimum absolute atomic E-state index is 0.0388. The molecule has 0 amide bonds. The lowest BCUT2D eigenvalue weighted by atomic mass is 10.0. The largest absolute Gasteiger partial charge is 0.434 e. The van der Waals surface area contributed by atoms with Crippen molar-refractivity contribution in [2.45, 2.75) is 19.4 Å². The third-order valence-corrected chi connectivity index (χ3v) is 5.92. The molecule has 33 heavy (non-hydrogen) atoms. The molecule has 0 saturated carbocycles. The van der Waals surface area contributed by atoms with Crippen LogP contribution in [0, 0.1) is 12.7 Å². The number of aryl methyl sites for hydroxylation is 1. The molecule has 2 aromatic carbocycles. The van der Waals surface area contributed by atoms with Crippen molar-refractivity contribution < 1.29 is 14.0 Å². The highest BCUT2D eigenvalue weighted by molar-refractivity contribution is 6.31. The van der Waals surface area contributed by atoms with Crippen LogP contribution in [0.1, 0.15) is 16.7 Å². The zero-order valence-electron chi connectivity index (χ0n) is 17.6.